The Kier molecular flexibility index (Phi) is 4.90. The highest BCUT2D eigenvalue weighted by Gasteiger charge is 2.32. The van der Waals surface area contributed by atoms with Crippen molar-refractivity contribution in [3.63, 3.8) is 0 Å². The number of nitrogens with one attached hydrogen (secondary N) is 1. The Morgan fingerprint density at radius 1 is 1.30 bits per heavy atom. The van der Waals surface area contributed by atoms with Crippen LogP contribution in [0.5, 0.6) is 0 Å². The first-order valence-corrected chi connectivity index (χ1v) is 9.18. The van der Waals surface area contributed by atoms with E-state index < -0.39 is 29.8 Å². The zero-order valence-electron chi connectivity index (χ0n) is 16.1. The molecule has 3 amide bonds. The highest BCUT2D eigenvalue weighted by molar-refractivity contribution is 6.05. The lowest BCUT2D eigenvalue weighted by molar-refractivity contribution is -0.136. The summed E-state index contributed by atoms with van der Waals surface area (Å²) in [6, 6.07) is 6.52. The summed E-state index contributed by atoms with van der Waals surface area (Å²) in [5.74, 6) is -1.82. The largest absolute Gasteiger partial charge is 0.449 e. The van der Waals surface area contributed by atoms with Crippen molar-refractivity contribution in [2.24, 2.45) is 0 Å². The van der Waals surface area contributed by atoms with Crippen molar-refractivity contribution in [1.29, 1.82) is 0 Å². The molecule has 0 saturated carbocycles. The molecule has 0 spiro atoms. The maximum atomic E-state index is 13.3. The summed E-state index contributed by atoms with van der Waals surface area (Å²) in [6.07, 6.45) is -1.18. The minimum atomic E-state index is -1.18. The average molecular weight is 412 g/mol. The van der Waals surface area contributed by atoms with E-state index in [1.165, 1.54) is 37.3 Å². The number of aromatic nitrogens is 2. The van der Waals surface area contributed by atoms with E-state index in [2.05, 4.69) is 15.5 Å². The number of hydrogen-bond acceptors (Lipinski definition) is 7. The number of carbonyl (C=O) groups is 3. The number of nitrogens with zero attached hydrogens (tertiary/aromatic N) is 3. The van der Waals surface area contributed by atoms with Crippen LogP contribution >= 0.6 is 0 Å². The second-order valence-electron chi connectivity index (χ2n) is 6.78. The Morgan fingerprint density at radius 2 is 2.03 bits per heavy atom. The first kappa shape index (κ1) is 19.5. The number of pyridine rings is 1. The van der Waals surface area contributed by atoms with Gasteiger partial charge in [0.25, 0.3) is 11.6 Å². The van der Waals surface area contributed by atoms with Gasteiger partial charge in [-0.2, -0.15) is 0 Å². The maximum absolute atomic E-state index is 13.3. The number of urea groups is 1. The van der Waals surface area contributed by atoms with Crippen LogP contribution in [0.25, 0.3) is 22.4 Å². The van der Waals surface area contributed by atoms with Gasteiger partial charge in [0.2, 0.25) is 0 Å². The SMILES string of the molecule is Cc1noc2nc(-c3ccc(F)cc3)cc(C(=O)O[C@@H](C)C(=O)N3CCNC3=O)c12. The average Bonchev–Trinajstić information content (AvgIpc) is 3.33. The molecule has 3 aromatic rings. The standard InChI is InChI=1S/C20H17FN4O5/c1-10-16-14(19(27)29-11(2)18(26)25-8-7-22-20(25)28)9-15(23-17(16)30-24-10)12-3-5-13(21)6-4-12/h3-6,9,11H,7-8H2,1-2H3,(H,22,28)/t11-/m0/s1. The van der Waals surface area contributed by atoms with Gasteiger partial charge in [0, 0.05) is 18.7 Å². The van der Waals surface area contributed by atoms with Gasteiger partial charge in [-0.05, 0) is 44.2 Å². The van der Waals surface area contributed by atoms with E-state index in [-0.39, 0.29) is 17.8 Å². The topological polar surface area (TPSA) is 115 Å². The second-order valence-corrected chi connectivity index (χ2v) is 6.78. The van der Waals surface area contributed by atoms with Gasteiger partial charge in [-0.25, -0.2) is 19.0 Å². The predicted octanol–water partition coefficient (Wildman–Crippen LogP) is 2.43. The Balaban J connectivity index is 1.67. The fraction of sp³-hybridized carbons (Fsp3) is 0.250. The first-order chi connectivity index (χ1) is 14.3. The third-order valence-electron chi connectivity index (χ3n) is 4.73. The zero-order chi connectivity index (χ0) is 21.4. The van der Waals surface area contributed by atoms with Crippen molar-refractivity contribution in [2.45, 2.75) is 20.0 Å². The number of fused-ring (bicyclic) bond motifs is 1. The van der Waals surface area contributed by atoms with Crippen LogP contribution in [0.4, 0.5) is 9.18 Å². The number of ether oxygens (including phenoxy) is 1. The van der Waals surface area contributed by atoms with Crippen LogP contribution in [0.15, 0.2) is 34.9 Å². The number of esters is 1. The van der Waals surface area contributed by atoms with Gasteiger partial charge in [0.05, 0.1) is 22.3 Å². The number of halogens is 1. The van der Waals surface area contributed by atoms with E-state index in [4.69, 9.17) is 9.26 Å². The first-order valence-electron chi connectivity index (χ1n) is 9.18. The molecular formula is C20H17FN4O5. The molecule has 0 radical (unpaired) electrons. The Morgan fingerprint density at radius 3 is 2.70 bits per heavy atom. The van der Waals surface area contributed by atoms with E-state index in [0.29, 0.717) is 28.9 Å². The molecule has 1 fully saturated rings. The molecule has 0 aliphatic carbocycles. The molecule has 1 aliphatic heterocycles. The summed E-state index contributed by atoms with van der Waals surface area (Å²) in [7, 11) is 0. The Bertz CT molecular complexity index is 1160. The number of amides is 3. The summed E-state index contributed by atoms with van der Waals surface area (Å²) in [5.41, 5.74) is 1.54. The fourth-order valence-electron chi connectivity index (χ4n) is 3.20. The number of hydrogen-bond donors (Lipinski definition) is 1. The van der Waals surface area contributed by atoms with Crippen LogP contribution in [-0.4, -0.2) is 52.1 Å². The second kappa shape index (κ2) is 7.54. The van der Waals surface area contributed by atoms with Gasteiger partial charge in [-0.15, -0.1) is 0 Å². The third kappa shape index (κ3) is 3.47. The molecular weight excluding hydrogens is 395 g/mol. The van der Waals surface area contributed by atoms with Gasteiger partial charge >= 0.3 is 12.0 Å². The van der Waals surface area contributed by atoms with Gasteiger partial charge in [-0.1, -0.05) is 5.16 Å². The lowest BCUT2D eigenvalue weighted by Crippen LogP contribution is -2.41. The summed E-state index contributed by atoms with van der Waals surface area (Å²) < 4.78 is 23.8. The predicted molar refractivity (Wildman–Crippen MR) is 102 cm³/mol. The van der Waals surface area contributed by atoms with Crippen LogP contribution in [0.1, 0.15) is 23.0 Å². The van der Waals surface area contributed by atoms with Crippen LogP contribution in [0.2, 0.25) is 0 Å². The number of benzene rings is 1. The summed E-state index contributed by atoms with van der Waals surface area (Å²) in [4.78, 5) is 42.4. The van der Waals surface area contributed by atoms with Crippen molar-refractivity contribution in [2.75, 3.05) is 13.1 Å². The Labute approximate surface area is 169 Å². The number of carbonyl (C=O) groups excluding carboxylic acids is 3. The van der Waals surface area contributed by atoms with Crippen molar-refractivity contribution >= 4 is 29.0 Å². The van der Waals surface area contributed by atoms with E-state index in [0.717, 1.165) is 4.90 Å². The van der Waals surface area contributed by atoms with E-state index in [1.54, 1.807) is 6.92 Å². The molecule has 1 saturated heterocycles. The minimum absolute atomic E-state index is 0.101. The van der Waals surface area contributed by atoms with Crippen LogP contribution in [0, 0.1) is 12.7 Å². The smallest absolute Gasteiger partial charge is 0.339 e. The molecule has 4 rings (SSSR count). The quantitative estimate of drug-likeness (QED) is 0.655. The summed E-state index contributed by atoms with van der Waals surface area (Å²) in [5, 5.41) is 6.71. The normalized spacial score (nSPS) is 14.6. The van der Waals surface area contributed by atoms with Gasteiger partial charge < -0.3 is 14.6 Å². The Hall–Kier alpha value is -3.82. The molecule has 9 nitrogen and oxygen atoms in total. The third-order valence-corrected chi connectivity index (χ3v) is 4.73. The number of imide groups is 1. The summed E-state index contributed by atoms with van der Waals surface area (Å²) in [6.45, 7) is 3.59. The van der Waals surface area contributed by atoms with Gasteiger partial charge in [0.15, 0.2) is 6.10 Å². The molecule has 10 heteroatoms. The zero-order valence-corrected chi connectivity index (χ0v) is 16.1. The fourth-order valence-corrected chi connectivity index (χ4v) is 3.20. The lowest BCUT2D eigenvalue weighted by atomic mass is 10.1. The monoisotopic (exact) mass is 412 g/mol. The molecule has 0 unspecified atom stereocenters. The van der Waals surface area contributed by atoms with Gasteiger partial charge in [0.1, 0.15) is 5.82 Å². The van der Waals surface area contributed by atoms with Crippen molar-refractivity contribution < 1.29 is 28.0 Å². The molecule has 1 aromatic carbocycles. The van der Waals surface area contributed by atoms with Crippen LogP contribution in [0.3, 0.4) is 0 Å². The highest BCUT2D eigenvalue weighted by Crippen LogP contribution is 2.28. The molecule has 1 aliphatic rings. The number of aryl methyl sites for hydroxylation is 1. The van der Waals surface area contributed by atoms with Gasteiger partial charge in [-0.3, -0.25) is 9.69 Å². The van der Waals surface area contributed by atoms with E-state index >= 15 is 0 Å². The maximum Gasteiger partial charge on any atom is 0.339 e. The summed E-state index contributed by atoms with van der Waals surface area (Å²) >= 11 is 0. The molecule has 3 heterocycles. The molecule has 1 atom stereocenters. The van der Waals surface area contributed by atoms with Crippen LogP contribution < -0.4 is 5.32 Å². The van der Waals surface area contributed by atoms with E-state index in [1.807, 2.05) is 0 Å². The van der Waals surface area contributed by atoms with E-state index in [9.17, 15) is 18.8 Å². The molecule has 2 aromatic heterocycles. The molecule has 154 valence electrons. The highest BCUT2D eigenvalue weighted by atomic mass is 19.1. The molecule has 1 N–H and O–H groups in total. The minimum Gasteiger partial charge on any atom is -0.449 e. The van der Waals surface area contributed by atoms with Crippen molar-refractivity contribution in [1.82, 2.24) is 20.4 Å². The van der Waals surface area contributed by atoms with Crippen molar-refractivity contribution in [3.05, 3.63) is 47.4 Å². The van der Waals surface area contributed by atoms with Crippen molar-refractivity contribution in [3.8, 4) is 11.3 Å². The molecule has 0 bridgehead atoms. The number of rotatable bonds is 4. The lowest BCUT2D eigenvalue weighted by Gasteiger charge is -2.18. The molecule has 30 heavy (non-hydrogen) atoms. The van der Waals surface area contributed by atoms with Crippen LogP contribution in [-0.2, 0) is 9.53 Å².